The number of rotatable bonds is 5. The summed E-state index contributed by atoms with van der Waals surface area (Å²) in [5.41, 5.74) is 4.72. The first-order chi connectivity index (χ1) is 16.0. The summed E-state index contributed by atoms with van der Waals surface area (Å²) in [5.74, 6) is -0.726. The molecule has 5 rings (SSSR count). The van der Waals surface area contributed by atoms with Crippen molar-refractivity contribution in [3.8, 4) is 22.5 Å². The van der Waals surface area contributed by atoms with E-state index in [9.17, 15) is 13.6 Å². The lowest BCUT2D eigenvalue weighted by atomic mass is 9.77. The molecule has 2 N–H and O–H groups in total. The number of fused-ring (bicyclic) bond motifs is 1. The van der Waals surface area contributed by atoms with Gasteiger partial charge in [0.2, 0.25) is 0 Å². The Morgan fingerprint density at radius 3 is 2.15 bits per heavy atom. The van der Waals surface area contributed by atoms with Gasteiger partial charge in [-0.15, -0.1) is 0 Å². The molecule has 0 amide bonds. The van der Waals surface area contributed by atoms with Crippen LogP contribution in [0.4, 0.5) is 8.78 Å². The van der Waals surface area contributed by atoms with E-state index in [1.54, 1.807) is 0 Å². The van der Waals surface area contributed by atoms with Crippen molar-refractivity contribution in [2.45, 2.75) is 38.0 Å². The number of carboxylic acid groups (broad SMARTS) is 1. The largest absolute Gasteiger partial charge is 0.481 e. The van der Waals surface area contributed by atoms with Gasteiger partial charge in [-0.2, -0.15) is 0 Å². The molecule has 6 heteroatoms. The zero-order chi connectivity index (χ0) is 22.9. The van der Waals surface area contributed by atoms with Crippen LogP contribution in [0.25, 0.3) is 33.5 Å². The standard InChI is InChI=1S/C27H24F2N2O2/c28-22-14-23(29)26-24(15-22)30-27(31-26)21-11-9-20(10-12-21)19-7-5-18(6-8-19)17-3-1-16(2-4-17)13-25(32)33/h5-12,14-17H,1-4,13H2,(H,30,31)(H,32,33). The molecule has 0 unspecified atom stereocenters. The number of nitrogens with zero attached hydrogens (tertiary/aromatic N) is 1. The molecule has 1 aliphatic rings. The number of nitrogens with one attached hydrogen (secondary N) is 1. The van der Waals surface area contributed by atoms with Gasteiger partial charge in [0.05, 0.1) is 5.52 Å². The summed E-state index contributed by atoms with van der Waals surface area (Å²) in [6.07, 6.45) is 4.29. The average Bonchev–Trinajstić information content (AvgIpc) is 3.24. The third-order valence-electron chi connectivity index (χ3n) is 6.69. The molecule has 168 valence electrons. The number of benzene rings is 3. The van der Waals surface area contributed by atoms with Gasteiger partial charge in [0.25, 0.3) is 0 Å². The SMILES string of the molecule is O=C(O)CC1CCC(c2ccc(-c3ccc(-c4nc5c(F)cc(F)cc5[nH]4)cc3)cc2)CC1. The van der Waals surface area contributed by atoms with Crippen LogP contribution in [0.5, 0.6) is 0 Å². The number of halogens is 2. The Morgan fingerprint density at radius 1 is 0.909 bits per heavy atom. The van der Waals surface area contributed by atoms with Crippen molar-refractivity contribution in [1.82, 2.24) is 9.97 Å². The Hall–Kier alpha value is -3.54. The van der Waals surface area contributed by atoms with Crippen LogP contribution in [-0.4, -0.2) is 21.0 Å². The summed E-state index contributed by atoms with van der Waals surface area (Å²) in [4.78, 5) is 18.2. The molecular weight excluding hydrogens is 422 g/mol. The smallest absolute Gasteiger partial charge is 0.303 e. The van der Waals surface area contributed by atoms with E-state index in [0.717, 1.165) is 48.4 Å². The van der Waals surface area contributed by atoms with Gasteiger partial charge in [-0.25, -0.2) is 13.8 Å². The van der Waals surface area contributed by atoms with Gasteiger partial charge in [-0.05, 0) is 60.3 Å². The van der Waals surface area contributed by atoms with Crippen LogP contribution in [-0.2, 0) is 4.79 Å². The van der Waals surface area contributed by atoms with Crippen molar-refractivity contribution >= 4 is 17.0 Å². The third kappa shape index (κ3) is 4.51. The maximum Gasteiger partial charge on any atom is 0.303 e. The van der Waals surface area contributed by atoms with E-state index >= 15 is 0 Å². The monoisotopic (exact) mass is 446 g/mol. The number of carboxylic acids is 1. The van der Waals surface area contributed by atoms with E-state index in [-0.39, 0.29) is 11.9 Å². The molecule has 0 saturated heterocycles. The molecule has 1 fully saturated rings. The highest BCUT2D eigenvalue weighted by Crippen LogP contribution is 2.37. The minimum Gasteiger partial charge on any atom is -0.481 e. The van der Waals surface area contributed by atoms with Crippen LogP contribution >= 0.6 is 0 Å². The van der Waals surface area contributed by atoms with Crippen molar-refractivity contribution in [1.29, 1.82) is 0 Å². The number of H-pyrrole nitrogens is 1. The molecule has 1 heterocycles. The highest BCUT2D eigenvalue weighted by molar-refractivity contribution is 5.80. The zero-order valence-corrected chi connectivity index (χ0v) is 18.0. The van der Waals surface area contributed by atoms with Crippen LogP contribution in [0.2, 0.25) is 0 Å². The minimum absolute atomic E-state index is 0.128. The van der Waals surface area contributed by atoms with E-state index in [2.05, 4.69) is 34.2 Å². The highest BCUT2D eigenvalue weighted by Gasteiger charge is 2.24. The summed E-state index contributed by atoms with van der Waals surface area (Å²) in [5, 5.41) is 8.99. The van der Waals surface area contributed by atoms with Crippen LogP contribution < -0.4 is 0 Å². The number of imidazole rings is 1. The molecule has 0 radical (unpaired) electrons. The summed E-state index contributed by atoms with van der Waals surface area (Å²) in [7, 11) is 0. The molecule has 0 atom stereocenters. The molecule has 0 spiro atoms. The van der Waals surface area contributed by atoms with Gasteiger partial charge in [0, 0.05) is 18.1 Å². The molecule has 4 aromatic rings. The summed E-state index contributed by atoms with van der Waals surface area (Å²) in [6.45, 7) is 0. The normalized spacial score (nSPS) is 18.5. The van der Waals surface area contributed by atoms with Gasteiger partial charge >= 0.3 is 5.97 Å². The number of hydrogen-bond acceptors (Lipinski definition) is 2. The summed E-state index contributed by atoms with van der Waals surface area (Å²) in [6, 6.07) is 18.5. The number of aromatic amines is 1. The first-order valence-electron chi connectivity index (χ1n) is 11.2. The van der Waals surface area contributed by atoms with E-state index in [1.165, 1.54) is 11.6 Å². The quantitative estimate of drug-likeness (QED) is 0.350. The summed E-state index contributed by atoms with van der Waals surface area (Å²) >= 11 is 0. The highest BCUT2D eigenvalue weighted by atomic mass is 19.1. The third-order valence-corrected chi connectivity index (χ3v) is 6.69. The first kappa shape index (κ1) is 21.3. The fraction of sp³-hybridized carbons (Fsp3) is 0.259. The van der Waals surface area contributed by atoms with Crippen molar-refractivity contribution in [2.75, 3.05) is 0 Å². The predicted octanol–water partition coefficient (Wildman–Crippen LogP) is 6.92. The topological polar surface area (TPSA) is 66.0 Å². The lowest BCUT2D eigenvalue weighted by Crippen LogP contribution is -2.16. The number of aliphatic carboxylic acids is 1. The van der Waals surface area contributed by atoms with Crippen LogP contribution in [0.1, 0.15) is 43.6 Å². The van der Waals surface area contributed by atoms with Crippen molar-refractivity contribution in [3.05, 3.63) is 77.9 Å². The van der Waals surface area contributed by atoms with Gasteiger partial charge in [0.15, 0.2) is 5.82 Å². The maximum absolute atomic E-state index is 14.0. The number of carbonyl (C=O) groups is 1. The van der Waals surface area contributed by atoms with Gasteiger partial charge in [-0.1, -0.05) is 48.5 Å². The molecule has 3 aromatic carbocycles. The Balaban J connectivity index is 1.29. The Morgan fingerprint density at radius 2 is 1.52 bits per heavy atom. The van der Waals surface area contributed by atoms with Crippen LogP contribution in [0.3, 0.4) is 0 Å². The predicted molar refractivity (Wildman–Crippen MR) is 124 cm³/mol. The molecular formula is C27H24F2N2O2. The minimum atomic E-state index is -0.699. The summed E-state index contributed by atoms with van der Waals surface area (Å²) < 4.78 is 27.4. The molecule has 1 saturated carbocycles. The molecule has 4 nitrogen and oxygen atoms in total. The Labute approximate surface area is 190 Å². The Kier molecular flexibility index (Phi) is 5.67. The fourth-order valence-electron chi connectivity index (χ4n) is 4.89. The number of aromatic nitrogens is 2. The molecule has 0 aliphatic heterocycles. The van der Waals surface area contributed by atoms with Crippen molar-refractivity contribution in [3.63, 3.8) is 0 Å². The number of hydrogen-bond donors (Lipinski definition) is 2. The molecule has 33 heavy (non-hydrogen) atoms. The van der Waals surface area contributed by atoms with Gasteiger partial charge < -0.3 is 10.1 Å². The maximum atomic E-state index is 14.0. The fourth-order valence-corrected chi connectivity index (χ4v) is 4.89. The Bertz CT molecular complexity index is 1290. The zero-order valence-electron chi connectivity index (χ0n) is 18.0. The van der Waals surface area contributed by atoms with E-state index < -0.39 is 17.6 Å². The first-order valence-corrected chi connectivity index (χ1v) is 11.2. The van der Waals surface area contributed by atoms with Crippen LogP contribution in [0, 0.1) is 17.6 Å². The second-order valence-electron chi connectivity index (χ2n) is 8.88. The average molecular weight is 446 g/mol. The van der Waals surface area contributed by atoms with Crippen molar-refractivity contribution < 1.29 is 18.7 Å². The molecule has 1 aromatic heterocycles. The van der Waals surface area contributed by atoms with E-state index in [1.807, 2.05) is 24.3 Å². The second-order valence-corrected chi connectivity index (χ2v) is 8.88. The van der Waals surface area contributed by atoms with Gasteiger partial charge in [-0.3, -0.25) is 4.79 Å². The van der Waals surface area contributed by atoms with E-state index in [4.69, 9.17) is 5.11 Å². The molecule has 0 bridgehead atoms. The van der Waals surface area contributed by atoms with E-state index in [0.29, 0.717) is 23.2 Å². The molecule has 1 aliphatic carbocycles. The van der Waals surface area contributed by atoms with Crippen LogP contribution in [0.15, 0.2) is 60.7 Å². The lowest BCUT2D eigenvalue weighted by Gasteiger charge is -2.28. The van der Waals surface area contributed by atoms with Crippen molar-refractivity contribution in [2.24, 2.45) is 5.92 Å². The second kappa shape index (κ2) is 8.77. The lowest BCUT2D eigenvalue weighted by molar-refractivity contribution is -0.138. The van der Waals surface area contributed by atoms with Gasteiger partial charge in [0.1, 0.15) is 17.2 Å².